The van der Waals surface area contributed by atoms with E-state index in [1.807, 2.05) is 13.1 Å². The van der Waals surface area contributed by atoms with E-state index < -0.39 is 5.60 Å². The van der Waals surface area contributed by atoms with Gasteiger partial charge >= 0.3 is 0 Å². The second-order valence-corrected chi connectivity index (χ2v) is 6.11. The topological polar surface area (TPSA) is 55.3 Å². The number of likely N-dealkylation sites (tertiary alicyclic amines) is 1. The number of ether oxygens (including phenoxy) is 1. The molecule has 1 fully saturated rings. The molecular weight excluding hydrogens is 297 g/mol. The molecule has 5 nitrogen and oxygen atoms in total. The molecule has 2 aliphatic rings. The van der Waals surface area contributed by atoms with Crippen molar-refractivity contribution in [3.63, 3.8) is 0 Å². The molecular formula is C17H16FN3O2. The van der Waals surface area contributed by atoms with Crippen LogP contribution in [0, 0.1) is 12.7 Å². The van der Waals surface area contributed by atoms with Crippen molar-refractivity contribution in [3.8, 4) is 0 Å². The lowest BCUT2D eigenvalue weighted by molar-refractivity contribution is -0.168. The van der Waals surface area contributed by atoms with Gasteiger partial charge in [-0.1, -0.05) is 12.1 Å². The highest BCUT2D eigenvalue weighted by atomic mass is 19.1. The minimum absolute atomic E-state index is 0.0207. The maximum Gasteiger partial charge on any atom is 0.227 e. The number of hydrogen-bond acceptors (Lipinski definition) is 4. The SMILES string of the molecule is Cc1ncc2c(n1)COC21CN(C(=O)Cc2ccc(F)cc2)C1. The van der Waals surface area contributed by atoms with Gasteiger partial charge in [0.1, 0.15) is 17.2 Å². The number of hydrogen-bond donors (Lipinski definition) is 0. The molecule has 0 bridgehead atoms. The van der Waals surface area contributed by atoms with Crippen LogP contribution in [0.2, 0.25) is 0 Å². The van der Waals surface area contributed by atoms with Crippen molar-refractivity contribution in [2.75, 3.05) is 13.1 Å². The van der Waals surface area contributed by atoms with Crippen LogP contribution in [0.3, 0.4) is 0 Å². The summed E-state index contributed by atoms with van der Waals surface area (Å²) in [6.07, 6.45) is 2.08. The average molecular weight is 313 g/mol. The van der Waals surface area contributed by atoms with E-state index in [4.69, 9.17) is 4.74 Å². The summed E-state index contributed by atoms with van der Waals surface area (Å²) in [5.74, 6) is 0.454. The van der Waals surface area contributed by atoms with Crippen molar-refractivity contribution in [3.05, 3.63) is 58.9 Å². The summed E-state index contributed by atoms with van der Waals surface area (Å²) in [7, 11) is 0. The summed E-state index contributed by atoms with van der Waals surface area (Å²) in [4.78, 5) is 22.7. The van der Waals surface area contributed by atoms with Gasteiger partial charge in [-0.15, -0.1) is 0 Å². The molecule has 1 spiro atoms. The maximum atomic E-state index is 12.9. The van der Waals surface area contributed by atoms with Crippen LogP contribution in [0.4, 0.5) is 4.39 Å². The van der Waals surface area contributed by atoms with E-state index in [1.54, 1.807) is 17.0 Å². The van der Waals surface area contributed by atoms with Crippen LogP contribution >= 0.6 is 0 Å². The molecule has 118 valence electrons. The number of aromatic nitrogens is 2. The molecule has 1 aromatic carbocycles. The van der Waals surface area contributed by atoms with Gasteiger partial charge in [-0.05, 0) is 24.6 Å². The number of carbonyl (C=O) groups is 1. The van der Waals surface area contributed by atoms with Crippen LogP contribution in [0.1, 0.15) is 22.6 Å². The van der Waals surface area contributed by atoms with Gasteiger partial charge in [0.25, 0.3) is 0 Å². The Hall–Kier alpha value is -2.34. The second kappa shape index (κ2) is 5.09. The Labute approximate surface area is 133 Å². The first-order valence-electron chi connectivity index (χ1n) is 7.55. The molecule has 0 radical (unpaired) electrons. The Balaban J connectivity index is 1.44. The zero-order valence-corrected chi connectivity index (χ0v) is 12.8. The zero-order valence-electron chi connectivity index (χ0n) is 12.8. The molecule has 1 saturated heterocycles. The quantitative estimate of drug-likeness (QED) is 0.847. The van der Waals surface area contributed by atoms with E-state index in [9.17, 15) is 9.18 Å². The van der Waals surface area contributed by atoms with Gasteiger partial charge in [0.2, 0.25) is 5.91 Å². The highest BCUT2D eigenvalue weighted by molar-refractivity contribution is 5.80. The fourth-order valence-corrected chi connectivity index (χ4v) is 3.19. The number of fused-ring (bicyclic) bond motifs is 2. The molecule has 1 aromatic heterocycles. The molecule has 2 aliphatic heterocycles. The van der Waals surface area contributed by atoms with Crippen LogP contribution in [0.25, 0.3) is 0 Å². The third-order valence-electron chi connectivity index (χ3n) is 4.48. The van der Waals surface area contributed by atoms with Gasteiger partial charge in [0, 0.05) is 11.8 Å². The van der Waals surface area contributed by atoms with E-state index in [-0.39, 0.29) is 18.1 Å². The van der Waals surface area contributed by atoms with Crippen molar-refractivity contribution in [1.29, 1.82) is 0 Å². The average Bonchev–Trinajstić information content (AvgIpc) is 2.86. The Bertz CT molecular complexity index is 770. The van der Waals surface area contributed by atoms with E-state index in [0.717, 1.165) is 22.6 Å². The van der Waals surface area contributed by atoms with Crippen LogP contribution < -0.4 is 0 Å². The van der Waals surface area contributed by atoms with Crippen LogP contribution in [0.5, 0.6) is 0 Å². The van der Waals surface area contributed by atoms with E-state index >= 15 is 0 Å². The molecule has 0 N–H and O–H groups in total. The molecule has 1 amide bonds. The van der Waals surface area contributed by atoms with Crippen molar-refractivity contribution in [2.24, 2.45) is 0 Å². The third kappa shape index (κ3) is 2.39. The largest absolute Gasteiger partial charge is 0.360 e. The number of rotatable bonds is 2. The van der Waals surface area contributed by atoms with Crippen LogP contribution in [-0.4, -0.2) is 33.9 Å². The van der Waals surface area contributed by atoms with Crippen molar-refractivity contribution in [2.45, 2.75) is 25.6 Å². The highest BCUT2D eigenvalue weighted by Gasteiger charge is 2.52. The number of benzene rings is 1. The fourth-order valence-electron chi connectivity index (χ4n) is 3.19. The Kier molecular flexibility index (Phi) is 3.16. The lowest BCUT2D eigenvalue weighted by atomic mass is 9.87. The van der Waals surface area contributed by atoms with Gasteiger partial charge in [-0.25, -0.2) is 14.4 Å². The molecule has 0 atom stereocenters. The first-order chi connectivity index (χ1) is 11.1. The predicted octanol–water partition coefficient (Wildman–Crippen LogP) is 1.73. The number of halogens is 1. The van der Waals surface area contributed by atoms with E-state index in [0.29, 0.717) is 19.7 Å². The van der Waals surface area contributed by atoms with Gasteiger partial charge in [-0.2, -0.15) is 0 Å². The lowest BCUT2D eigenvalue weighted by Crippen LogP contribution is -2.61. The number of carbonyl (C=O) groups excluding carboxylic acids is 1. The zero-order chi connectivity index (χ0) is 16.0. The Morgan fingerprint density at radius 2 is 2.09 bits per heavy atom. The monoisotopic (exact) mass is 313 g/mol. The summed E-state index contributed by atoms with van der Waals surface area (Å²) >= 11 is 0. The summed E-state index contributed by atoms with van der Waals surface area (Å²) in [5.41, 5.74) is 2.28. The third-order valence-corrected chi connectivity index (χ3v) is 4.48. The lowest BCUT2D eigenvalue weighted by Gasteiger charge is -2.47. The van der Waals surface area contributed by atoms with E-state index in [2.05, 4.69) is 9.97 Å². The predicted molar refractivity (Wildman–Crippen MR) is 79.9 cm³/mol. The summed E-state index contributed by atoms with van der Waals surface area (Å²) in [5, 5.41) is 0. The first kappa shape index (κ1) is 14.3. The van der Waals surface area contributed by atoms with Crippen LogP contribution in [0.15, 0.2) is 30.5 Å². The summed E-state index contributed by atoms with van der Waals surface area (Å²) < 4.78 is 18.8. The van der Waals surface area contributed by atoms with Gasteiger partial charge in [-0.3, -0.25) is 4.79 Å². The van der Waals surface area contributed by atoms with Gasteiger partial charge in [0.15, 0.2) is 0 Å². The van der Waals surface area contributed by atoms with E-state index in [1.165, 1.54) is 12.1 Å². The van der Waals surface area contributed by atoms with Crippen molar-refractivity contribution < 1.29 is 13.9 Å². The highest BCUT2D eigenvalue weighted by Crippen LogP contribution is 2.42. The maximum absolute atomic E-state index is 12.9. The molecule has 23 heavy (non-hydrogen) atoms. The fraction of sp³-hybridized carbons (Fsp3) is 0.353. The van der Waals surface area contributed by atoms with Crippen LogP contribution in [-0.2, 0) is 28.2 Å². The molecule has 3 heterocycles. The number of nitrogens with zero attached hydrogens (tertiary/aromatic N) is 3. The molecule has 4 rings (SSSR count). The minimum Gasteiger partial charge on any atom is -0.360 e. The summed E-state index contributed by atoms with van der Waals surface area (Å²) in [6.45, 7) is 3.36. The van der Waals surface area contributed by atoms with Gasteiger partial charge in [0.05, 0.1) is 31.8 Å². The molecule has 0 unspecified atom stereocenters. The smallest absolute Gasteiger partial charge is 0.227 e. The number of aryl methyl sites for hydroxylation is 1. The second-order valence-electron chi connectivity index (χ2n) is 6.11. The molecule has 2 aromatic rings. The molecule has 0 aliphatic carbocycles. The summed E-state index contributed by atoms with van der Waals surface area (Å²) in [6, 6.07) is 6.02. The molecule has 6 heteroatoms. The Morgan fingerprint density at radius 1 is 1.35 bits per heavy atom. The molecule has 0 saturated carbocycles. The number of amides is 1. The van der Waals surface area contributed by atoms with Crippen molar-refractivity contribution in [1.82, 2.24) is 14.9 Å². The normalized spacial score (nSPS) is 17.9. The standard InChI is InChI=1S/C17H16FN3O2/c1-11-19-7-14-15(20-11)8-23-17(14)9-21(10-17)16(22)6-12-2-4-13(18)5-3-12/h2-5,7H,6,8-10H2,1H3. The first-order valence-corrected chi connectivity index (χ1v) is 7.55. The van der Waals surface area contributed by atoms with Crippen molar-refractivity contribution >= 4 is 5.91 Å². The van der Waals surface area contributed by atoms with Gasteiger partial charge < -0.3 is 9.64 Å². The minimum atomic E-state index is -0.443. The Morgan fingerprint density at radius 3 is 2.83 bits per heavy atom.